The third-order valence-corrected chi connectivity index (χ3v) is 3.69. The summed E-state index contributed by atoms with van der Waals surface area (Å²) in [5.41, 5.74) is 1.27. The average molecular weight is 376 g/mol. The highest BCUT2D eigenvalue weighted by molar-refractivity contribution is 6.30. The van der Waals surface area contributed by atoms with E-state index in [9.17, 15) is 9.59 Å². The molecule has 0 aliphatic rings. The minimum Gasteiger partial charge on any atom is -0.492 e. The van der Waals surface area contributed by atoms with Crippen LogP contribution in [0.3, 0.4) is 0 Å². The number of carbonyl (C=O) groups excluding carboxylic acids is 2. The topological polar surface area (TPSA) is 70.7 Å². The van der Waals surface area contributed by atoms with Crippen LogP contribution in [0, 0.1) is 0 Å². The normalized spacial score (nSPS) is 10.5. The van der Waals surface area contributed by atoms with E-state index in [1.54, 1.807) is 48.5 Å². The number of halogens is 1. The van der Waals surface area contributed by atoms with Crippen molar-refractivity contribution in [1.29, 1.82) is 0 Å². The summed E-state index contributed by atoms with van der Waals surface area (Å²) >= 11 is 5.83. The number of benzene rings is 2. The molecule has 0 spiro atoms. The van der Waals surface area contributed by atoms with Gasteiger partial charge in [-0.3, -0.25) is 14.5 Å². The Morgan fingerprint density at radius 2 is 1.73 bits per heavy atom. The Bertz CT molecular complexity index is 750. The molecule has 2 N–H and O–H groups in total. The molecular formula is C19H22ClN3O3. The van der Waals surface area contributed by atoms with Crippen LogP contribution >= 0.6 is 11.6 Å². The third-order valence-electron chi connectivity index (χ3n) is 3.44. The molecule has 0 atom stereocenters. The monoisotopic (exact) mass is 375 g/mol. The molecule has 2 aromatic rings. The van der Waals surface area contributed by atoms with Crippen LogP contribution in [0.5, 0.6) is 5.75 Å². The predicted octanol–water partition coefficient (Wildman–Crippen LogP) is 3.25. The number of amides is 2. The van der Waals surface area contributed by atoms with E-state index in [-0.39, 0.29) is 18.4 Å². The number of hydrogen-bond donors (Lipinski definition) is 2. The summed E-state index contributed by atoms with van der Waals surface area (Å²) in [5.74, 6) is 0.440. The molecule has 0 aromatic heterocycles. The number of nitrogens with one attached hydrogen (secondary N) is 2. The van der Waals surface area contributed by atoms with E-state index in [1.807, 2.05) is 11.9 Å². The van der Waals surface area contributed by atoms with Crippen LogP contribution in [-0.4, -0.2) is 43.5 Å². The van der Waals surface area contributed by atoms with Gasteiger partial charge in [-0.2, -0.15) is 0 Å². The number of nitrogens with zero attached hydrogens (tertiary/aromatic N) is 1. The molecular weight excluding hydrogens is 354 g/mol. The molecule has 0 aliphatic carbocycles. The minimum atomic E-state index is -0.158. The molecule has 0 aliphatic heterocycles. The minimum absolute atomic E-state index is 0.140. The smallest absolute Gasteiger partial charge is 0.238 e. The van der Waals surface area contributed by atoms with Crippen molar-refractivity contribution in [2.24, 2.45) is 0 Å². The van der Waals surface area contributed by atoms with Crippen LogP contribution in [0.25, 0.3) is 0 Å². The van der Waals surface area contributed by atoms with Crippen LogP contribution in [0.15, 0.2) is 48.5 Å². The molecule has 0 heterocycles. The lowest BCUT2D eigenvalue weighted by Gasteiger charge is -2.17. The molecule has 138 valence electrons. The zero-order chi connectivity index (χ0) is 18.9. The summed E-state index contributed by atoms with van der Waals surface area (Å²) in [6, 6.07) is 14.2. The molecule has 2 rings (SSSR count). The van der Waals surface area contributed by atoms with Gasteiger partial charge < -0.3 is 15.4 Å². The van der Waals surface area contributed by atoms with Gasteiger partial charge in [0.25, 0.3) is 0 Å². The fraction of sp³-hybridized carbons (Fsp3) is 0.263. The van der Waals surface area contributed by atoms with Crippen molar-refractivity contribution in [3.63, 3.8) is 0 Å². The summed E-state index contributed by atoms with van der Waals surface area (Å²) in [5, 5.41) is 6.15. The van der Waals surface area contributed by atoms with E-state index in [2.05, 4.69) is 10.6 Å². The summed E-state index contributed by atoms with van der Waals surface area (Å²) < 4.78 is 5.61. The van der Waals surface area contributed by atoms with Crippen LogP contribution in [-0.2, 0) is 9.59 Å². The molecule has 7 heteroatoms. The number of anilines is 2. The lowest BCUT2D eigenvalue weighted by Crippen LogP contribution is -2.33. The Morgan fingerprint density at radius 3 is 2.38 bits per heavy atom. The number of rotatable bonds is 8. The van der Waals surface area contributed by atoms with Crippen LogP contribution in [0.4, 0.5) is 11.4 Å². The van der Waals surface area contributed by atoms with Crippen molar-refractivity contribution in [3.8, 4) is 5.75 Å². The number of likely N-dealkylation sites (N-methyl/N-ethyl adjacent to an activating group) is 1. The van der Waals surface area contributed by atoms with Crippen molar-refractivity contribution >= 4 is 34.8 Å². The summed E-state index contributed by atoms with van der Waals surface area (Å²) in [6.45, 7) is 2.73. The van der Waals surface area contributed by atoms with Crippen LogP contribution in [0.1, 0.15) is 6.92 Å². The van der Waals surface area contributed by atoms with E-state index in [1.165, 1.54) is 6.92 Å². The second kappa shape index (κ2) is 9.79. The molecule has 0 unspecified atom stereocenters. The van der Waals surface area contributed by atoms with Crippen LogP contribution < -0.4 is 15.4 Å². The second-order valence-corrected chi connectivity index (χ2v) is 6.29. The zero-order valence-corrected chi connectivity index (χ0v) is 15.5. The van der Waals surface area contributed by atoms with Crippen LogP contribution in [0.2, 0.25) is 5.02 Å². The summed E-state index contributed by atoms with van der Waals surface area (Å²) in [4.78, 5) is 25.1. The number of ether oxygens (including phenoxy) is 1. The Labute approximate surface area is 158 Å². The summed E-state index contributed by atoms with van der Waals surface area (Å²) in [7, 11) is 1.85. The number of hydrogen-bond acceptors (Lipinski definition) is 4. The molecule has 0 bridgehead atoms. The van der Waals surface area contributed by atoms with Gasteiger partial charge in [-0.1, -0.05) is 17.7 Å². The van der Waals surface area contributed by atoms with Gasteiger partial charge in [-0.15, -0.1) is 0 Å². The van der Waals surface area contributed by atoms with Crippen molar-refractivity contribution < 1.29 is 14.3 Å². The highest BCUT2D eigenvalue weighted by Gasteiger charge is 2.08. The van der Waals surface area contributed by atoms with E-state index in [0.717, 1.165) is 5.75 Å². The van der Waals surface area contributed by atoms with E-state index in [0.29, 0.717) is 29.5 Å². The Kier molecular flexibility index (Phi) is 7.44. The van der Waals surface area contributed by atoms with Crippen molar-refractivity contribution in [2.75, 3.05) is 37.4 Å². The van der Waals surface area contributed by atoms with E-state index >= 15 is 0 Å². The van der Waals surface area contributed by atoms with Gasteiger partial charge in [0, 0.05) is 29.9 Å². The second-order valence-electron chi connectivity index (χ2n) is 5.85. The Hall–Kier alpha value is -2.57. The Morgan fingerprint density at radius 1 is 1.08 bits per heavy atom. The molecule has 6 nitrogen and oxygen atoms in total. The largest absolute Gasteiger partial charge is 0.492 e. The fourth-order valence-electron chi connectivity index (χ4n) is 2.25. The first kappa shape index (κ1) is 19.8. The first-order chi connectivity index (χ1) is 12.4. The van der Waals surface area contributed by atoms with E-state index in [4.69, 9.17) is 16.3 Å². The van der Waals surface area contributed by atoms with Crippen molar-refractivity contribution in [3.05, 3.63) is 53.6 Å². The molecule has 0 radical (unpaired) electrons. The number of carbonyl (C=O) groups is 2. The quantitative estimate of drug-likeness (QED) is 0.743. The van der Waals surface area contributed by atoms with Gasteiger partial charge in [0.2, 0.25) is 11.8 Å². The van der Waals surface area contributed by atoms with Gasteiger partial charge in [0.15, 0.2) is 0 Å². The predicted molar refractivity (Wildman–Crippen MR) is 104 cm³/mol. The maximum absolute atomic E-state index is 12.1. The maximum Gasteiger partial charge on any atom is 0.238 e. The molecule has 0 saturated heterocycles. The highest BCUT2D eigenvalue weighted by Crippen LogP contribution is 2.16. The zero-order valence-electron chi connectivity index (χ0n) is 14.8. The van der Waals surface area contributed by atoms with Crippen molar-refractivity contribution in [1.82, 2.24) is 4.90 Å². The lowest BCUT2D eigenvalue weighted by molar-refractivity contribution is -0.117. The molecule has 0 fully saturated rings. The maximum atomic E-state index is 12.1. The Balaban J connectivity index is 1.74. The van der Waals surface area contributed by atoms with Gasteiger partial charge in [-0.05, 0) is 49.5 Å². The highest BCUT2D eigenvalue weighted by atomic mass is 35.5. The molecule has 2 amide bonds. The first-order valence-electron chi connectivity index (χ1n) is 8.17. The average Bonchev–Trinajstić information content (AvgIpc) is 2.56. The van der Waals surface area contributed by atoms with Gasteiger partial charge in [0.05, 0.1) is 6.54 Å². The SMILES string of the molecule is CC(=O)Nc1cccc(NC(=O)CN(C)CCOc2ccc(Cl)cc2)c1. The molecule has 26 heavy (non-hydrogen) atoms. The fourth-order valence-corrected chi connectivity index (χ4v) is 2.38. The summed E-state index contributed by atoms with van der Waals surface area (Å²) in [6.07, 6.45) is 0. The molecule has 2 aromatic carbocycles. The van der Waals surface area contributed by atoms with Gasteiger partial charge in [0.1, 0.15) is 12.4 Å². The van der Waals surface area contributed by atoms with Gasteiger partial charge in [-0.25, -0.2) is 0 Å². The third kappa shape index (κ3) is 7.13. The standard InChI is InChI=1S/C19H22ClN3O3/c1-14(24)21-16-4-3-5-17(12-16)22-19(25)13-23(2)10-11-26-18-8-6-15(20)7-9-18/h3-9,12H,10-11,13H2,1-2H3,(H,21,24)(H,22,25). The molecule has 0 saturated carbocycles. The lowest BCUT2D eigenvalue weighted by atomic mass is 10.2. The first-order valence-corrected chi connectivity index (χ1v) is 8.54. The van der Waals surface area contributed by atoms with E-state index < -0.39 is 0 Å². The van der Waals surface area contributed by atoms with Crippen molar-refractivity contribution in [2.45, 2.75) is 6.92 Å². The van der Waals surface area contributed by atoms with Gasteiger partial charge >= 0.3 is 0 Å².